The zero-order valence-corrected chi connectivity index (χ0v) is 13.1. The third-order valence-electron chi connectivity index (χ3n) is 3.13. The summed E-state index contributed by atoms with van der Waals surface area (Å²) < 4.78 is 5.21. The molecule has 0 heterocycles. The minimum absolute atomic E-state index is 0.0157. The van der Waals surface area contributed by atoms with Crippen LogP contribution in [0.3, 0.4) is 0 Å². The number of anilines is 1. The number of methoxy groups -OCH3 is 1. The summed E-state index contributed by atoms with van der Waals surface area (Å²) in [6.45, 7) is 2.09. The number of para-hydroxylation sites is 2. The Kier molecular flexibility index (Phi) is 5.69. The molecule has 0 atom stereocenters. The third-order valence-corrected chi connectivity index (χ3v) is 4.11. The van der Waals surface area contributed by atoms with Gasteiger partial charge < -0.3 is 10.1 Å². The van der Waals surface area contributed by atoms with Gasteiger partial charge in [-0.1, -0.05) is 36.4 Å². The maximum atomic E-state index is 12.0. The van der Waals surface area contributed by atoms with Crippen LogP contribution in [-0.2, 0) is 10.5 Å². The predicted octanol–water partition coefficient (Wildman–Crippen LogP) is 3.88. The molecule has 0 unspecified atom stereocenters. The first-order valence-corrected chi connectivity index (χ1v) is 7.91. The molecule has 1 N–H and O–H groups in total. The molecular weight excluding hydrogens is 282 g/mol. The SMILES string of the molecule is COc1ccccc1NC(=O)CSCc1ccccc1C. The number of benzene rings is 2. The number of carbonyl (C=O) groups excluding carboxylic acids is 1. The molecular formula is C17H19NO2S. The molecule has 0 aliphatic heterocycles. The first-order valence-electron chi connectivity index (χ1n) is 6.76. The van der Waals surface area contributed by atoms with E-state index in [0.29, 0.717) is 17.2 Å². The van der Waals surface area contributed by atoms with Crippen molar-refractivity contribution in [3.63, 3.8) is 0 Å². The molecule has 0 radical (unpaired) electrons. The van der Waals surface area contributed by atoms with E-state index in [1.165, 1.54) is 11.1 Å². The van der Waals surface area contributed by atoms with Gasteiger partial charge in [0.05, 0.1) is 18.6 Å². The van der Waals surface area contributed by atoms with Crippen LogP contribution in [0.25, 0.3) is 0 Å². The van der Waals surface area contributed by atoms with Gasteiger partial charge in [-0.25, -0.2) is 0 Å². The van der Waals surface area contributed by atoms with Crippen molar-refractivity contribution < 1.29 is 9.53 Å². The lowest BCUT2D eigenvalue weighted by Crippen LogP contribution is -2.14. The average Bonchev–Trinajstić information content (AvgIpc) is 2.50. The summed E-state index contributed by atoms with van der Waals surface area (Å²) in [6.07, 6.45) is 0. The van der Waals surface area contributed by atoms with Crippen LogP contribution in [0, 0.1) is 6.92 Å². The van der Waals surface area contributed by atoms with Crippen LogP contribution in [0.15, 0.2) is 48.5 Å². The molecule has 4 heteroatoms. The highest BCUT2D eigenvalue weighted by Crippen LogP contribution is 2.23. The summed E-state index contributed by atoms with van der Waals surface area (Å²) in [5.74, 6) is 1.92. The van der Waals surface area contributed by atoms with E-state index in [1.54, 1.807) is 18.9 Å². The Morgan fingerprint density at radius 1 is 1.14 bits per heavy atom. The molecule has 0 spiro atoms. The summed E-state index contributed by atoms with van der Waals surface area (Å²) in [5, 5.41) is 2.88. The van der Waals surface area contributed by atoms with Gasteiger partial charge >= 0.3 is 0 Å². The fourth-order valence-corrected chi connectivity index (χ4v) is 2.86. The lowest BCUT2D eigenvalue weighted by molar-refractivity contribution is -0.113. The van der Waals surface area contributed by atoms with Crippen molar-refractivity contribution >= 4 is 23.4 Å². The second-order valence-electron chi connectivity index (χ2n) is 4.67. The quantitative estimate of drug-likeness (QED) is 0.880. The monoisotopic (exact) mass is 301 g/mol. The Morgan fingerprint density at radius 3 is 2.62 bits per heavy atom. The highest BCUT2D eigenvalue weighted by molar-refractivity contribution is 7.99. The van der Waals surface area contributed by atoms with Crippen molar-refractivity contribution in [1.82, 2.24) is 0 Å². The molecule has 21 heavy (non-hydrogen) atoms. The number of thioether (sulfide) groups is 1. The van der Waals surface area contributed by atoms with Crippen molar-refractivity contribution in [2.75, 3.05) is 18.2 Å². The lowest BCUT2D eigenvalue weighted by atomic mass is 10.1. The Labute approximate surface area is 129 Å². The molecule has 3 nitrogen and oxygen atoms in total. The average molecular weight is 301 g/mol. The number of ether oxygens (including phenoxy) is 1. The highest BCUT2D eigenvalue weighted by Gasteiger charge is 2.07. The largest absolute Gasteiger partial charge is 0.495 e. The molecule has 0 aliphatic carbocycles. The maximum absolute atomic E-state index is 12.0. The smallest absolute Gasteiger partial charge is 0.234 e. The fraction of sp³-hybridized carbons (Fsp3) is 0.235. The van der Waals surface area contributed by atoms with Crippen LogP contribution < -0.4 is 10.1 Å². The van der Waals surface area contributed by atoms with Crippen LogP contribution in [0.2, 0.25) is 0 Å². The Morgan fingerprint density at radius 2 is 1.86 bits per heavy atom. The van der Waals surface area contributed by atoms with E-state index in [-0.39, 0.29) is 5.91 Å². The Balaban J connectivity index is 1.84. The number of aryl methyl sites for hydroxylation is 1. The zero-order valence-electron chi connectivity index (χ0n) is 12.3. The third kappa shape index (κ3) is 4.53. The molecule has 2 aromatic carbocycles. The second-order valence-corrected chi connectivity index (χ2v) is 5.65. The number of hydrogen-bond acceptors (Lipinski definition) is 3. The van der Waals surface area contributed by atoms with E-state index in [0.717, 1.165) is 5.75 Å². The second kappa shape index (κ2) is 7.74. The topological polar surface area (TPSA) is 38.3 Å². The number of nitrogens with one attached hydrogen (secondary N) is 1. The van der Waals surface area contributed by atoms with E-state index >= 15 is 0 Å². The van der Waals surface area contributed by atoms with E-state index in [1.807, 2.05) is 36.4 Å². The number of carbonyl (C=O) groups is 1. The van der Waals surface area contributed by atoms with Gasteiger partial charge in [-0.15, -0.1) is 11.8 Å². The predicted molar refractivity (Wildman–Crippen MR) is 89.0 cm³/mol. The Hall–Kier alpha value is -1.94. The van der Waals surface area contributed by atoms with Crippen LogP contribution >= 0.6 is 11.8 Å². The highest BCUT2D eigenvalue weighted by atomic mass is 32.2. The molecule has 110 valence electrons. The van der Waals surface area contributed by atoms with Crippen LogP contribution in [0.5, 0.6) is 5.75 Å². The molecule has 1 amide bonds. The van der Waals surface area contributed by atoms with Gasteiger partial charge in [0, 0.05) is 5.75 Å². The number of amides is 1. The van der Waals surface area contributed by atoms with Gasteiger partial charge in [-0.3, -0.25) is 4.79 Å². The molecule has 0 fully saturated rings. The molecule has 2 rings (SSSR count). The van der Waals surface area contributed by atoms with E-state index in [2.05, 4.69) is 24.4 Å². The van der Waals surface area contributed by atoms with Gasteiger partial charge in [-0.05, 0) is 30.2 Å². The van der Waals surface area contributed by atoms with Crippen LogP contribution in [-0.4, -0.2) is 18.8 Å². The summed E-state index contributed by atoms with van der Waals surface area (Å²) in [5.41, 5.74) is 3.24. The van der Waals surface area contributed by atoms with Gasteiger partial charge in [0.1, 0.15) is 5.75 Å². The first-order chi connectivity index (χ1) is 10.2. The number of hydrogen-bond donors (Lipinski definition) is 1. The van der Waals surface area contributed by atoms with E-state index in [9.17, 15) is 4.79 Å². The molecule has 0 saturated carbocycles. The minimum Gasteiger partial charge on any atom is -0.495 e. The van der Waals surface area contributed by atoms with E-state index in [4.69, 9.17) is 4.74 Å². The van der Waals surface area contributed by atoms with Gasteiger partial charge in [-0.2, -0.15) is 0 Å². The van der Waals surface area contributed by atoms with Crippen LogP contribution in [0.4, 0.5) is 5.69 Å². The van der Waals surface area contributed by atoms with Crippen LogP contribution in [0.1, 0.15) is 11.1 Å². The van der Waals surface area contributed by atoms with E-state index < -0.39 is 0 Å². The van der Waals surface area contributed by atoms with Gasteiger partial charge in [0.25, 0.3) is 0 Å². The standard InChI is InChI=1S/C17H19NO2S/c1-13-7-3-4-8-14(13)11-21-12-17(19)18-15-9-5-6-10-16(15)20-2/h3-10H,11-12H2,1-2H3,(H,18,19). The Bertz CT molecular complexity index is 613. The fourth-order valence-electron chi connectivity index (χ4n) is 1.96. The maximum Gasteiger partial charge on any atom is 0.234 e. The molecule has 2 aromatic rings. The molecule has 0 aromatic heterocycles. The molecule has 0 bridgehead atoms. The molecule has 0 saturated heterocycles. The summed E-state index contributed by atoms with van der Waals surface area (Å²) in [4.78, 5) is 12.0. The van der Waals surface area contributed by atoms with Gasteiger partial charge in [0.15, 0.2) is 0 Å². The van der Waals surface area contributed by atoms with Crippen molar-refractivity contribution in [3.8, 4) is 5.75 Å². The normalized spacial score (nSPS) is 10.2. The van der Waals surface area contributed by atoms with Crippen molar-refractivity contribution in [2.24, 2.45) is 0 Å². The molecule has 0 aliphatic rings. The van der Waals surface area contributed by atoms with Crippen molar-refractivity contribution in [2.45, 2.75) is 12.7 Å². The summed E-state index contributed by atoms with van der Waals surface area (Å²) in [6, 6.07) is 15.7. The van der Waals surface area contributed by atoms with Gasteiger partial charge in [0.2, 0.25) is 5.91 Å². The first kappa shape index (κ1) is 15.4. The zero-order chi connectivity index (χ0) is 15.1. The lowest BCUT2D eigenvalue weighted by Gasteiger charge is -2.10. The van der Waals surface area contributed by atoms with Crippen molar-refractivity contribution in [3.05, 3.63) is 59.7 Å². The minimum atomic E-state index is -0.0157. The number of rotatable bonds is 6. The summed E-state index contributed by atoms with van der Waals surface area (Å²) in [7, 11) is 1.60. The summed E-state index contributed by atoms with van der Waals surface area (Å²) >= 11 is 1.61. The van der Waals surface area contributed by atoms with Crippen molar-refractivity contribution in [1.29, 1.82) is 0 Å².